The van der Waals surface area contributed by atoms with Gasteiger partial charge in [-0.1, -0.05) is 37.3 Å². The molecular weight excluding hydrogens is 310 g/mol. The van der Waals surface area contributed by atoms with Gasteiger partial charge in [-0.15, -0.1) is 0 Å². The highest BCUT2D eigenvalue weighted by molar-refractivity contribution is 7.92. The molecule has 1 aliphatic heterocycles. The third-order valence-electron chi connectivity index (χ3n) is 4.08. The third-order valence-corrected chi connectivity index (χ3v) is 5.35. The van der Waals surface area contributed by atoms with Crippen molar-refractivity contribution in [3.63, 3.8) is 0 Å². The van der Waals surface area contributed by atoms with Crippen molar-refractivity contribution in [3.8, 4) is 5.75 Å². The highest BCUT2D eigenvalue weighted by Crippen LogP contribution is 2.26. The smallest absolute Gasteiger partial charge is 0.233 e. The molecule has 0 atom stereocenters. The van der Waals surface area contributed by atoms with E-state index in [0.717, 1.165) is 29.7 Å². The lowest BCUT2D eigenvalue weighted by atomic mass is 10.1. The summed E-state index contributed by atoms with van der Waals surface area (Å²) in [6.07, 6.45) is 2.19. The van der Waals surface area contributed by atoms with Gasteiger partial charge in [0.05, 0.1) is 18.0 Å². The maximum Gasteiger partial charge on any atom is 0.233 e. The lowest BCUT2D eigenvalue weighted by Crippen LogP contribution is -2.19. The van der Waals surface area contributed by atoms with Crippen molar-refractivity contribution in [2.45, 2.75) is 26.2 Å². The predicted molar refractivity (Wildman–Crippen MR) is 92.6 cm³/mol. The Balaban J connectivity index is 1.67. The molecule has 5 heteroatoms. The first-order chi connectivity index (χ1) is 11.1. The number of hydrogen-bond acceptors (Lipinski definition) is 3. The lowest BCUT2D eigenvalue weighted by Gasteiger charge is -2.12. The van der Waals surface area contributed by atoms with E-state index < -0.39 is 10.0 Å². The molecule has 0 aromatic heterocycles. The average molecular weight is 331 g/mol. The zero-order valence-corrected chi connectivity index (χ0v) is 14.0. The molecule has 1 heterocycles. The van der Waals surface area contributed by atoms with Crippen molar-refractivity contribution in [3.05, 3.63) is 59.2 Å². The Bertz CT molecular complexity index is 800. The van der Waals surface area contributed by atoms with Crippen LogP contribution in [0.15, 0.2) is 42.5 Å². The first-order valence-electron chi connectivity index (χ1n) is 7.90. The van der Waals surface area contributed by atoms with Crippen LogP contribution in [-0.2, 0) is 29.3 Å². The predicted octanol–water partition coefficient (Wildman–Crippen LogP) is 3.17. The molecule has 2 aromatic carbocycles. The van der Waals surface area contributed by atoms with E-state index in [9.17, 15) is 8.42 Å². The summed E-state index contributed by atoms with van der Waals surface area (Å²) in [6.45, 7) is 2.73. The summed E-state index contributed by atoms with van der Waals surface area (Å²) in [7, 11) is -3.36. The van der Waals surface area contributed by atoms with Crippen molar-refractivity contribution < 1.29 is 13.2 Å². The number of rotatable bonds is 6. The minimum atomic E-state index is -3.36. The fourth-order valence-corrected chi connectivity index (χ4v) is 3.94. The van der Waals surface area contributed by atoms with Gasteiger partial charge in [0.1, 0.15) is 5.75 Å². The Kier molecular flexibility index (Phi) is 4.57. The molecule has 23 heavy (non-hydrogen) atoms. The van der Waals surface area contributed by atoms with Gasteiger partial charge in [-0.2, -0.15) is 0 Å². The van der Waals surface area contributed by atoms with Crippen LogP contribution in [0.25, 0.3) is 0 Å². The maximum absolute atomic E-state index is 12.3. The van der Waals surface area contributed by atoms with Gasteiger partial charge in [-0.3, -0.25) is 4.72 Å². The number of hydrogen-bond donors (Lipinski definition) is 1. The van der Waals surface area contributed by atoms with Crippen molar-refractivity contribution >= 4 is 15.7 Å². The Morgan fingerprint density at radius 3 is 2.83 bits per heavy atom. The first-order valence-corrected chi connectivity index (χ1v) is 9.55. The van der Waals surface area contributed by atoms with Gasteiger partial charge in [0.15, 0.2) is 0 Å². The van der Waals surface area contributed by atoms with Crippen molar-refractivity contribution in [1.82, 2.24) is 0 Å². The SMILES string of the molecule is CCc1ccccc1NS(=O)(=O)CCc1ccc2c(c1)CCO2. The molecule has 0 saturated carbocycles. The van der Waals surface area contributed by atoms with Crippen LogP contribution in [0.5, 0.6) is 5.75 Å². The molecule has 0 spiro atoms. The number of aryl methyl sites for hydroxylation is 2. The molecule has 0 unspecified atom stereocenters. The molecule has 122 valence electrons. The maximum atomic E-state index is 12.3. The van der Waals surface area contributed by atoms with E-state index in [0.29, 0.717) is 18.7 Å². The zero-order valence-electron chi connectivity index (χ0n) is 13.2. The molecule has 0 fully saturated rings. The van der Waals surface area contributed by atoms with Gasteiger partial charge in [0.25, 0.3) is 0 Å². The van der Waals surface area contributed by atoms with Crippen molar-refractivity contribution in [2.24, 2.45) is 0 Å². The number of para-hydroxylation sites is 1. The van der Waals surface area contributed by atoms with Crippen LogP contribution in [0.3, 0.4) is 0 Å². The van der Waals surface area contributed by atoms with E-state index in [1.807, 2.05) is 43.3 Å². The molecule has 1 aliphatic rings. The molecular formula is C18H21NO3S. The van der Waals surface area contributed by atoms with Crippen molar-refractivity contribution in [1.29, 1.82) is 0 Å². The van der Waals surface area contributed by atoms with Crippen LogP contribution >= 0.6 is 0 Å². The number of benzene rings is 2. The van der Waals surface area contributed by atoms with E-state index in [-0.39, 0.29) is 5.75 Å². The summed E-state index contributed by atoms with van der Waals surface area (Å²) in [5, 5.41) is 0. The standard InChI is InChI=1S/C18H21NO3S/c1-2-15-5-3-4-6-17(15)19-23(20,21)12-10-14-7-8-18-16(13-14)9-11-22-18/h3-8,13,19H,2,9-12H2,1H3. The fraction of sp³-hybridized carbons (Fsp3) is 0.333. The van der Waals surface area contributed by atoms with Crippen LogP contribution in [0.2, 0.25) is 0 Å². The van der Waals surface area contributed by atoms with Gasteiger partial charge in [-0.25, -0.2) is 8.42 Å². The molecule has 0 bridgehead atoms. The van der Waals surface area contributed by atoms with Gasteiger partial charge >= 0.3 is 0 Å². The van der Waals surface area contributed by atoms with Gasteiger partial charge in [0, 0.05) is 6.42 Å². The quantitative estimate of drug-likeness (QED) is 0.884. The van der Waals surface area contributed by atoms with Crippen LogP contribution in [-0.4, -0.2) is 20.8 Å². The Morgan fingerprint density at radius 1 is 1.17 bits per heavy atom. The van der Waals surface area contributed by atoms with Crippen LogP contribution in [0.1, 0.15) is 23.6 Å². The summed E-state index contributed by atoms with van der Waals surface area (Å²) in [6, 6.07) is 13.4. The minimum absolute atomic E-state index is 0.0741. The molecule has 3 rings (SSSR count). The zero-order chi connectivity index (χ0) is 16.3. The van der Waals surface area contributed by atoms with Crippen LogP contribution in [0, 0.1) is 0 Å². The Labute approximate surface area is 137 Å². The summed E-state index contributed by atoms with van der Waals surface area (Å²) in [5.74, 6) is 0.997. The van der Waals surface area contributed by atoms with E-state index in [1.165, 1.54) is 5.56 Å². The summed E-state index contributed by atoms with van der Waals surface area (Å²) >= 11 is 0. The van der Waals surface area contributed by atoms with Gasteiger partial charge in [-0.05, 0) is 41.7 Å². The van der Waals surface area contributed by atoms with Gasteiger partial charge in [0.2, 0.25) is 10.0 Å². The number of ether oxygens (including phenoxy) is 1. The molecule has 1 N–H and O–H groups in total. The summed E-state index contributed by atoms with van der Waals surface area (Å²) in [4.78, 5) is 0. The molecule has 0 amide bonds. The molecule has 0 aliphatic carbocycles. The number of anilines is 1. The highest BCUT2D eigenvalue weighted by atomic mass is 32.2. The molecule has 0 saturated heterocycles. The fourth-order valence-electron chi connectivity index (χ4n) is 2.79. The molecule has 4 nitrogen and oxygen atoms in total. The molecule has 2 aromatic rings. The Morgan fingerprint density at radius 2 is 2.00 bits per heavy atom. The van der Waals surface area contributed by atoms with Crippen LogP contribution in [0.4, 0.5) is 5.69 Å². The van der Waals surface area contributed by atoms with E-state index >= 15 is 0 Å². The lowest BCUT2D eigenvalue weighted by molar-refractivity contribution is 0.357. The second-order valence-electron chi connectivity index (χ2n) is 5.72. The van der Waals surface area contributed by atoms with Gasteiger partial charge < -0.3 is 4.74 Å². The summed E-state index contributed by atoms with van der Waals surface area (Å²) in [5.41, 5.74) is 3.88. The largest absolute Gasteiger partial charge is 0.493 e. The van der Waals surface area contributed by atoms with Crippen molar-refractivity contribution in [2.75, 3.05) is 17.1 Å². The Hall–Kier alpha value is -2.01. The van der Waals surface area contributed by atoms with E-state index in [2.05, 4.69) is 10.8 Å². The second-order valence-corrected chi connectivity index (χ2v) is 7.56. The topological polar surface area (TPSA) is 55.4 Å². The number of nitrogens with one attached hydrogen (secondary N) is 1. The highest BCUT2D eigenvalue weighted by Gasteiger charge is 2.15. The first kappa shape index (κ1) is 15.9. The second kappa shape index (κ2) is 6.62. The average Bonchev–Trinajstić information content (AvgIpc) is 3.01. The third kappa shape index (κ3) is 3.85. The monoisotopic (exact) mass is 331 g/mol. The minimum Gasteiger partial charge on any atom is -0.493 e. The normalized spacial score (nSPS) is 13.4. The van der Waals surface area contributed by atoms with Crippen LogP contribution < -0.4 is 9.46 Å². The summed E-state index contributed by atoms with van der Waals surface area (Å²) < 4.78 is 32.9. The van der Waals surface area contributed by atoms with E-state index in [4.69, 9.17) is 4.74 Å². The number of sulfonamides is 1. The molecule has 0 radical (unpaired) electrons. The van der Waals surface area contributed by atoms with E-state index in [1.54, 1.807) is 0 Å². The number of fused-ring (bicyclic) bond motifs is 1.